The molecule has 0 N–H and O–H groups in total. The smallest absolute Gasteiger partial charge is 0.264 e. The van der Waals surface area contributed by atoms with Crippen LogP contribution in [0.1, 0.15) is 22.3 Å². The largest absolute Gasteiger partial charge is 0.497 e. The van der Waals surface area contributed by atoms with Crippen molar-refractivity contribution in [1.82, 2.24) is 0 Å². The first-order valence-corrected chi connectivity index (χ1v) is 3.60. The van der Waals surface area contributed by atoms with E-state index in [1.54, 1.807) is 0 Å². The number of hydrogen-bond donors (Lipinski definition) is 0. The molecule has 0 radical (unpaired) electrons. The van der Waals surface area contributed by atoms with E-state index in [-0.39, 0.29) is 11.1 Å². The van der Waals surface area contributed by atoms with Crippen LogP contribution in [0.15, 0.2) is 18.2 Å². The third-order valence-electron chi connectivity index (χ3n) is 1.66. The standard InChI is InChI=1S/C9H8F2O2/c1-13-7-3-2-6(5-12)8(4-7)9(10)11/h2-5,9H,1H3. The van der Waals surface area contributed by atoms with Crippen LogP contribution in [-0.4, -0.2) is 13.4 Å². The van der Waals surface area contributed by atoms with Crippen molar-refractivity contribution in [3.05, 3.63) is 29.3 Å². The van der Waals surface area contributed by atoms with Crippen molar-refractivity contribution < 1.29 is 18.3 Å². The Morgan fingerprint density at radius 1 is 1.46 bits per heavy atom. The molecule has 0 aromatic heterocycles. The molecule has 0 aliphatic heterocycles. The zero-order chi connectivity index (χ0) is 9.84. The lowest BCUT2D eigenvalue weighted by Gasteiger charge is -2.05. The highest BCUT2D eigenvalue weighted by atomic mass is 19.3. The van der Waals surface area contributed by atoms with Gasteiger partial charge in [0, 0.05) is 11.1 Å². The lowest BCUT2D eigenvalue weighted by molar-refractivity contribution is 0.110. The van der Waals surface area contributed by atoms with Crippen molar-refractivity contribution in [2.24, 2.45) is 0 Å². The van der Waals surface area contributed by atoms with E-state index in [0.29, 0.717) is 12.0 Å². The van der Waals surface area contributed by atoms with Gasteiger partial charge in [0.1, 0.15) is 5.75 Å². The third kappa shape index (κ3) is 2.02. The Morgan fingerprint density at radius 2 is 2.15 bits per heavy atom. The predicted molar refractivity (Wildman–Crippen MR) is 43.3 cm³/mol. The summed E-state index contributed by atoms with van der Waals surface area (Å²) in [4.78, 5) is 10.4. The second kappa shape index (κ2) is 3.98. The SMILES string of the molecule is COc1ccc(C=O)c(C(F)F)c1. The highest BCUT2D eigenvalue weighted by molar-refractivity contribution is 5.77. The molecule has 0 atom stereocenters. The first-order chi connectivity index (χ1) is 6.19. The molecule has 1 aromatic carbocycles. The minimum Gasteiger partial charge on any atom is -0.497 e. The molecular formula is C9H8F2O2. The molecule has 1 aromatic rings. The Morgan fingerprint density at radius 3 is 2.62 bits per heavy atom. The number of rotatable bonds is 3. The van der Waals surface area contributed by atoms with Gasteiger partial charge in [0.15, 0.2) is 6.29 Å². The van der Waals surface area contributed by atoms with Crippen LogP contribution >= 0.6 is 0 Å². The average Bonchev–Trinajstić information content (AvgIpc) is 2.16. The molecule has 0 unspecified atom stereocenters. The molecule has 2 nitrogen and oxygen atoms in total. The molecule has 1 rings (SSSR count). The van der Waals surface area contributed by atoms with Crippen LogP contribution in [0.2, 0.25) is 0 Å². The van der Waals surface area contributed by atoms with Gasteiger partial charge in [-0.2, -0.15) is 0 Å². The number of halogens is 2. The number of benzene rings is 1. The van der Waals surface area contributed by atoms with E-state index in [0.717, 1.165) is 6.07 Å². The first-order valence-electron chi connectivity index (χ1n) is 3.60. The number of alkyl halides is 2. The number of aldehydes is 1. The van der Waals surface area contributed by atoms with Crippen molar-refractivity contribution in [3.8, 4) is 5.75 Å². The molecule has 0 aliphatic rings. The third-order valence-corrected chi connectivity index (χ3v) is 1.66. The summed E-state index contributed by atoms with van der Waals surface area (Å²) < 4.78 is 29.4. The Bertz CT molecular complexity index is 310. The van der Waals surface area contributed by atoms with Crippen LogP contribution in [0.3, 0.4) is 0 Å². The fraction of sp³-hybridized carbons (Fsp3) is 0.222. The number of carbonyl (C=O) groups excluding carboxylic acids is 1. The molecule has 0 saturated heterocycles. The predicted octanol–water partition coefficient (Wildman–Crippen LogP) is 2.45. The zero-order valence-electron chi connectivity index (χ0n) is 6.96. The molecule has 0 aliphatic carbocycles. The summed E-state index contributed by atoms with van der Waals surface area (Å²) in [6, 6.07) is 3.94. The fourth-order valence-corrected chi connectivity index (χ4v) is 0.976. The normalized spacial score (nSPS) is 10.2. The van der Waals surface area contributed by atoms with Gasteiger partial charge in [-0.1, -0.05) is 0 Å². The van der Waals surface area contributed by atoms with Gasteiger partial charge < -0.3 is 4.74 Å². The van der Waals surface area contributed by atoms with E-state index in [4.69, 9.17) is 4.74 Å². The number of carbonyl (C=O) groups is 1. The maximum atomic E-state index is 12.3. The van der Waals surface area contributed by atoms with Gasteiger partial charge >= 0.3 is 0 Å². The summed E-state index contributed by atoms with van der Waals surface area (Å²) in [5.74, 6) is 0.320. The summed E-state index contributed by atoms with van der Waals surface area (Å²) in [6.45, 7) is 0. The maximum Gasteiger partial charge on any atom is 0.264 e. The van der Waals surface area contributed by atoms with Gasteiger partial charge in [-0.05, 0) is 18.2 Å². The van der Waals surface area contributed by atoms with Gasteiger partial charge in [0.2, 0.25) is 0 Å². The molecule has 70 valence electrons. The quantitative estimate of drug-likeness (QED) is 0.677. The topological polar surface area (TPSA) is 26.3 Å². The summed E-state index contributed by atoms with van der Waals surface area (Å²) in [7, 11) is 1.38. The van der Waals surface area contributed by atoms with Crippen LogP contribution in [-0.2, 0) is 0 Å². The lowest BCUT2D eigenvalue weighted by Crippen LogP contribution is -1.94. The molecule has 0 amide bonds. The van der Waals surface area contributed by atoms with Gasteiger partial charge in [0.25, 0.3) is 6.43 Å². The molecule has 13 heavy (non-hydrogen) atoms. The van der Waals surface area contributed by atoms with Crippen molar-refractivity contribution in [2.45, 2.75) is 6.43 Å². The van der Waals surface area contributed by atoms with Crippen LogP contribution in [0, 0.1) is 0 Å². The number of ether oxygens (including phenoxy) is 1. The minimum atomic E-state index is -2.66. The molecule has 4 heteroatoms. The van der Waals surface area contributed by atoms with Crippen molar-refractivity contribution in [3.63, 3.8) is 0 Å². The average molecular weight is 186 g/mol. The van der Waals surface area contributed by atoms with E-state index >= 15 is 0 Å². The van der Waals surface area contributed by atoms with E-state index < -0.39 is 6.43 Å². The van der Waals surface area contributed by atoms with Crippen LogP contribution < -0.4 is 4.74 Å². The van der Waals surface area contributed by atoms with Crippen molar-refractivity contribution in [2.75, 3.05) is 7.11 Å². The van der Waals surface area contributed by atoms with E-state index in [1.807, 2.05) is 0 Å². The van der Waals surface area contributed by atoms with Crippen LogP contribution in [0.25, 0.3) is 0 Å². The van der Waals surface area contributed by atoms with Gasteiger partial charge in [-0.25, -0.2) is 8.78 Å². The van der Waals surface area contributed by atoms with Crippen LogP contribution in [0.5, 0.6) is 5.75 Å². The zero-order valence-corrected chi connectivity index (χ0v) is 6.96. The molecule has 0 bridgehead atoms. The van der Waals surface area contributed by atoms with Gasteiger partial charge in [-0.15, -0.1) is 0 Å². The monoisotopic (exact) mass is 186 g/mol. The van der Waals surface area contributed by atoms with E-state index in [1.165, 1.54) is 19.2 Å². The van der Waals surface area contributed by atoms with E-state index in [9.17, 15) is 13.6 Å². The Hall–Kier alpha value is -1.45. The summed E-state index contributed by atoms with van der Waals surface area (Å²) in [5, 5.41) is 0. The van der Waals surface area contributed by atoms with Crippen LogP contribution in [0.4, 0.5) is 8.78 Å². The first kappa shape index (κ1) is 9.64. The minimum absolute atomic E-state index is 0.00389. The molecule has 0 saturated carbocycles. The Labute approximate surface area is 74.1 Å². The van der Waals surface area contributed by atoms with Crippen molar-refractivity contribution in [1.29, 1.82) is 0 Å². The highest BCUT2D eigenvalue weighted by Gasteiger charge is 2.13. The second-order valence-corrected chi connectivity index (χ2v) is 2.41. The highest BCUT2D eigenvalue weighted by Crippen LogP contribution is 2.25. The lowest BCUT2D eigenvalue weighted by atomic mass is 10.1. The molecule has 0 heterocycles. The Kier molecular flexibility index (Phi) is 2.95. The number of hydrogen-bond acceptors (Lipinski definition) is 2. The maximum absolute atomic E-state index is 12.3. The molecule has 0 spiro atoms. The summed E-state index contributed by atoms with van der Waals surface area (Å²) in [6.07, 6.45) is -2.25. The van der Waals surface area contributed by atoms with E-state index in [2.05, 4.69) is 0 Å². The van der Waals surface area contributed by atoms with Gasteiger partial charge in [0.05, 0.1) is 7.11 Å². The Balaban J connectivity index is 3.17. The fourth-order valence-electron chi connectivity index (χ4n) is 0.976. The van der Waals surface area contributed by atoms with Gasteiger partial charge in [-0.3, -0.25) is 4.79 Å². The summed E-state index contributed by atoms with van der Waals surface area (Å²) in [5.41, 5.74) is -0.301. The number of methoxy groups -OCH3 is 1. The molecule has 0 fully saturated rings. The molecular weight excluding hydrogens is 178 g/mol. The second-order valence-electron chi connectivity index (χ2n) is 2.41. The van der Waals surface area contributed by atoms with Crippen molar-refractivity contribution >= 4 is 6.29 Å². The summed E-state index contributed by atoms with van der Waals surface area (Å²) >= 11 is 0.